The Morgan fingerprint density at radius 1 is 1.00 bits per heavy atom. The molecule has 2 N–H and O–H groups in total. The van der Waals surface area contributed by atoms with E-state index < -0.39 is 6.23 Å². The zero-order valence-electron chi connectivity index (χ0n) is 18.6. The van der Waals surface area contributed by atoms with E-state index in [0.29, 0.717) is 43.9 Å². The van der Waals surface area contributed by atoms with Gasteiger partial charge in [0, 0.05) is 35.9 Å². The third-order valence-corrected chi connectivity index (χ3v) is 6.52. The fourth-order valence-electron chi connectivity index (χ4n) is 4.53. The fraction of sp³-hybridized carbons (Fsp3) is 0.320. The molecule has 170 valence electrons. The van der Waals surface area contributed by atoms with E-state index in [-0.39, 0.29) is 11.9 Å². The van der Waals surface area contributed by atoms with Crippen molar-refractivity contribution in [3.63, 3.8) is 0 Å². The van der Waals surface area contributed by atoms with E-state index >= 15 is 0 Å². The summed E-state index contributed by atoms with van der Waals surface area (Å²) in [6, 6.07) is 7.39. The van der Waals surface area contributed by atoms with E-state index in [1.165, 1.54) is 0 Å². The highest BCUT2D eigenvalue weighted by molar-refractivity contribution is 5.95. The van der Waals surface area contributed by atoms with Gasteiger partial charge in [0.25, 0.3) is 0 Å². The maximum atomic E-state index is 11.8. The van der Waals surface area contributed by atoms with Crippen molar-refractivity contribution in [2.24, 2.45) is 0 Å². The number of hydrogen-bond acceptors (Lipinski definition) is 7. The van der Waals surface area contributed by atoms with E-state index in [2.05, 4.69) is 10.4 Å². The van der Waals surface area contributed by atoms with E-state index in [4.69, 9.17) is 9.47 Å². The molecule has 0 unspecified atom stereocenters. The molecule has 0 amide bonds. The van der Waals surface area contributed by atoms with Crippen molar-refractivity contribution in [3.05, 3.63) is 75.6 Å². The van der Waals surface area contributed by atoms with Crippen LogP contribution in [0, 0.1) is 13.8 Å². The molecule has 0 radical (unpaired) electrons. The number of aliphatic hydroxyl groups excluding tert-OH is 1. The van der Waals surface area contributed by atoms with Gasteiger partial charge < -0.3 is 14.6 Å². The van der Waals surface area contributed by atoms with Crippen LogP contribution in [0.15, 0.2) is 36.7 Å². The molecular formula is C25H25N3O5. The van der Waals surface area contributed by atoms with Gasteiger partial charge >= 0.3 is 11.9 Å². The molecule has 0 spiro atoms. The van der Waals surface area contributed by atoms with Crippen molar-refractivity contribution in [2.45, 2.75) is 46.3 Å². The first kappa shape index (κ1) is 21.4. The topological polar surface area (TPSA) is 103 Å². The number of aliphatic hydroxyl groups is 1. The molecule has 5 rings (SSSR count). The van der Waals surface area contributed by atoms with Gasteiger partial charge in [-0.3, -0.25) is 10.00 Å². The van der Waals surface area contributed by atoms with Crippen molar-refractivity contribution >= 4 is 11.9 Å². The minimum absolute atomic E-state index is 0.267. The Balaban J connectivity index is 1.18. The number of benzene rings is 2. The summed E-state index contributed by atoms with van der Waals surface area (Å²) in [5.41, 5.74) is 8.12. The van der Waals surface area contributed by atoms with Gasteiger partial charge in [0.15, 0.2) is 0 Å². The molecule has 3 aromatic rings. The highest BCUT2D eigenvalue weighted by atomic mass is 16.5. The van der Waals surface area contributed by atoms with Crippen molar-refractivity contribution in [1.82, 2.24) is 15.1 Å². The molecule has 8 nitrogen and oxygen atoms in total. The summed E-state index contributed by atoms with van der Waals surface area (Å²) in [6.45, 7) is 5.70. The lowest BCUT2D eigenvalue weighted by Gasteiger charge is -2.15. The number of cyclic esters (lactones) is 2. The Bertz CT molecular complexity index is 1260. The second-order valence-corrected chi connectivity index (χ2v) is 8.46. The average molecular weight is 447 g/mol. The lowest BCUT2D eigenvalue weighted by atomic mass is 9.96. The average Bonchev–Trinajstić information content (AvgIpc) is 3.51. The molecule has 2 aliphatic rings. The van der Waals surface area contributed by atoms with Gasteiger partial charge in [-0.15, -0.1) is 0 Å². The van der Waals surface area contributed by atoms with Gasteiger partial charge in [-0.25, -0.2) is 9.59 Å². The molecule has 1 atom stereocenters. The minimum Gasteiger partial charge on any atom is -0.457 e. The third-order valence-electron chi connectivity index (χ3n) is 6.52. The summed E-state index contributed by atoms with van der Waals surface area (Å²) in [7, 11) is 0. The maximum absolute atomic E-state index is 11.8. The summed E-state index contributed by atoms with van der Waals surface area (Å²) in [5.74, 6) is -0.550. The molecule has 2 aliphatic heterocycles. The van der Waals surface area contributed by atoms with Gasteiger partial charge in [0.05, 0.1) is 23.9 Å². The molecule has 3 heterocycles. The van der Waals surface area contributed by atoms with Crippen molar-refractivity contribution in [1.29, 1.82) is 0 Å². The van der Waals surface area contributed by atoms with Crippen LogP contribution in [-0.2, 0) is 35.7 Å². The number of carbonyl (C=O) groups excluding carboxylic acids is 2. The summed E-state index contributed by atoms with van der Waals surface area (Å²) in [6.07, 6.45) is 3.49. The highest BCUT2D eigenvalue weighted by Gasteiger charge is 2.25. The number of aromatic nitrogens is 2. The predicted octanol–water partition coefficient (Wildman–Crippen LogP) is 2.66. The van der Waals surface area contributed by atoms with Crippen LogP contribution >= 0.6 is 0 Å². The normalized spacial score (nSPS) is 15.2. The lowest BCUT2D eigenvalue weighted by Crippen LogP contribution is -2.33. The van der Waals surface area contributed by atoms with Crippen molar-refractivity contribution in [3.8, 4) is 11.1 Å². The Labute approximate surface area is 191 Å². The molecule has 0 fully saturated rings. The van der Waals surface area contributed by atoms with Crippen LogP contribution in [0.3, 0.4) is 0 Å². The molecule has 0 saturated carbocycles. The van der Waals surface area contributed by atoms with Crippen LogP contribution in [0.25, 0.3) is 11.1 Å². The Hall–Kier alpha value is -3.49. The van der Waals surface area contributed by atoms with Crippen LogP contribution in [0.2, 0.25) is 0 Å². The van der Waals surface area contributed by atoms with E-state index in [1.54, 1.807) is 12.3 Å². The van der Waals surface area contributed by atoms with Crippen molar-refractivity contribution in [2.75, 3.05) is 6.54 Å². The highest BCUT2D eigenvalue weighted by Crippen LogP contribution is 2.31. The lowest BCUT2D eigenvalue weighted by molar-refractivity contribution is 0.0526. The summed E-state index contributed by atoms with van der Waals surface area (Å²) in [5, 5.41) is 18.0. The number of nitrogens with one attached hydrogen (secondary N) is 1. The van der Waals surface area contributed by atoms with Gasteiger partial charge in [-0.2, -0.15) is 5.10 Å². The van der Waals surface area contributed by atoms with E-state index in [0.717, 1.165) is 38.9 Å². The molecule has 0 saturated heterocycles. The molecule has 0 aliphatic carbocycles. The predicted molar refractivity (Wildman–Crippen MR) is 120 cm³/mol. The fourth-order valence-corrected chi connectivity index (χ4v) is 4.53. The number of fused-ring (bicyclic) bond motifs is 2. The molecule has 8 heteroatoms. The summed E-state index contributed by atoms with van der Waals surface area (Å²) < 4.78 is 12.1. The van der Waals surface area contributed by atoms with Gasteiger partial charge in [0.1, 0.15) is 19.4 Å². The Kier molecular flexibility index (Phi) is 5.47. The molecule has 1 aromatic heterocycles. The largest absolute Gasteiger partial charge is 0.457 e. The molecule has 0 bridgehead atoms. The van der Waals surface area contributed by atoms with Gasteiger partial charge in [-0.1, -0.05) is 12.1 Å². The monoisotopic (exact) mass is 447 g/mol. The molecule has 33 heavy (non-hydrogen) atoms. The second kappa shape index (κ2) is 8.46. The standard InChI is InChI=1S/C25H25N3O5/c1-14-16(3-4-19-21(14)12-32-24(19)30)9-23(29)26-7-8-28-11-17(10-27-28)18-5-6-20-22(15(18)2)13-33-25(20)31/h3-6,10-11,23,26,29H,7-9,12-13H2,1-2H3/t23-/m0/s1. The van der Waals surface area contributed by atoms with Crippen LogP contribution < -0.4 is 5.32 Å². The SMILES string of the molecule is Cc1c(C[C@H](O)NCCn2cc(-c3ccc4c(c3C)COC4=O)cn2)ccc2c1COC2=O. The minimum atomic E-state index is -0.716. The Morgan fingerprint density at radius 3 is 2.36 bits per heavy atom. The van der Waals surface area contributed by atoms with Crippen LogP contribution in [0.4, 0.5) is 0 Å². The van der Waals surface area contributed by atoms with E-state index in [1.807, 2.05) is 42.9 Å². The number of ether oxygens (including phenoxy) is 2. The first-order valence-electron chi connectivity index (χ1n) is 10.9. The number of hydrogen-bond donors (Lipinski definition) is 2. The number of esters is 2. The number of nitrogens with zero attached hydrogens (tertiary/aromatic N) is 2. The zero-order chi connectivity index (χ0) is 23.1. The van der Waals surface area contributed by atoms with Crippen LogP contribution in [0.1, 0.15) is 48.5 Å². The van der Waals surface area contributed by atoms with Crippen molar-refractivity contribution < 1.29 is 24.2 Å². The zero-order valence-corrected chi connectivity index (χ0v) is 18.6. The van der Waals surface area contributed by atoms with Crippen LogP contribution in [-0.4, -0.2) is 39.6 Å². The third kappa shape index (κ3) is 3.92. The summed E-state index contributed by atoms with van der Waals surface area (Å²) in [4.78, 5) is 23.4. The first-order valence-corrected chi connectivity index (χ1v) is 10.9. The first-order chi connectivity index (χ1) is 15.9. The smallest absolute Gasteiger partial charge is 0.338 e. The van der Waals surface area contributed by atoms with E-state index in [9.17, 15) is 14.7 Å². The van der Waals surface area contributed by atoms with Gasteiger partial charge in [-0.05, 0) is 48.2 Å². The Morgan fingerprint density at radius 2 is 1.64 bits per heavy atom. The second-order valence-electron chi connectivity index (χ2n) is 8.46. The molecule has 2 aromatic carbocycles. The quantitative estimate of drug-likeness (QED) is 0.424. The van der Waals surface area contributed by atoms with Gasteiger partial charge in [0.2, 0.25) is 0 Å². The molecular weight excluding hydrogens is 422 g/mol. The number of carbonyl (C=O) groups is 2. The maximum Gasteiger partial charge on any atom is 0.338 e. The number of rotatable bonds is 7. The van der Waals surface area contributed by atoms with Crippen LogP contribution in [0.5, 0.6) is 0 Å². The summed E-state index contributed by atoms with van der Waals surface area (Å²) >= 11 is 0.